The van der Waals surface area contributed by atoms with E-state index in [2.05, 4.69) is 39.7 Å². The molecule has 2 aliphatic rings. The van der Waals surface area contributed by atoms with Crippen LogP contribution in [0.1, 0.15) is 55.0 Å². The van der Waals surface area contributed by atoms with Gasteiger partial charge in [-0.25, -0.2) is 4.98 Å². The number of aromatic nitrogens is 2. The predicted octanol–water partition coefficient (Wildman–Crippen LogP) is 3.15. The van der Waals surface area contributed by atoms with Crippen LogP contribution in [0.3, 0.4) is 0 Å². The van der Waals surface area contributed by atoms with Crippen molar-refractivity contribution in [3.63, 3.8) is 0 Å². The second-order valence-corrected chi connectivity index (χ2v) is 8.50. The van der Waals surface area contributed by atoms with Crippen LogP contribution in [0.15, 0.2) is 23.8 Å². The summed E-state index contributed by atoms with van der Waals surface area (Å²) in [4.78, 5) is 21.3. The van der Waals surface area contributed by atoms with E-state index < -0.39 is 0 Å². The average Bonchev–Trinajstić information content (AvgIpc) is 3.10. The quantitative estimate of drug-likeness (QED) is 0.863. The van der Waals surface area contributed by atoms with Crippen LogP contribution in [-0.2, 0) is 17.8 Å². The van der Waals surface area contributed by atoms with E-state index in [-0.39, 0.29) is 11.9 Å². The van der Waals surface area contributed by atoms with Crippen molar-refractivity contribution < 1.29 is 4.79 Å². The summed E-state index contributed by atoms with van der Waals surface area (Å²) < 4.78 is 2.18. The molecule has 0 spiro atoms. The minimum absolute atomic E-state index is 0.109. The Balaban J connectivity index is 1.60. The molecule has 5 nitrogen and oxygen atoms in total. The molecule has 1 saturated carbocycles. The van der Waals surface area contributed by atoms with Crippen molar-refractivity contribution in [2.45, 2.75) is 51.7 Å². The zero-order chi connectivity index (χ0) is 17.4. The minimum Gasteiger partial charge on any atom is -0.349 e. The number of nitrogens with one attached hydrogen (secondary N) is 1. The highest BCUT2D eigenvalue weighted by molar-refractivity contribution is 7.09. The van der Waals surface area contributed by atoms with Gasteiger partial charge in [0, 0.05) is 30.4 Å². The number of imidazole rings is 1. The molecule has 1 N–H and O–H groups in total. The van der Waals surface area contributed by atoms with Crippen LogP contribution in [0, 0.1) is 5.92 Å². The molecule has 1 atom stereocenters. The molecular formula is C19H26N4OS. The highest BCUT2D eigenvalue weighted by Gasteiger charge is 2.39. The van der Waals surface area contributed by atoms with E-state index in [0.717, 1.165) is 36.8 Å². The molecule has 1 aliphatic heterocycles. The van der Waals surface area contributed by atoms with Gasteiger partial charge in [-0.1, -0.05) is 6.07 Å². The third-order valence-corrected chi connectivity index (χ3v) is 6.06. The van der Waals surface area contributed by atoms with E-state index in [4.69, 9.17) is 0 Å². The standard InChI is InChI=1S/C19H26N4OS/c1-13(2)23-12-21-16-7-8-22(11-14-5-6-14)18(17(16)23)19(24)20-10-15-4-3-9-25-15/h3-4,9,12-14,18H,5-8,10-11H2,1-2H3,(H,20,24)/t18-/m0/s1. The van der Waals surface area contributed by atoms with Crippen molar-refractivity contribution >= 4 is 17.2 Å². The molecule has 1 amide bonds. The Bertz CT molecular complexity index is 733. The van der Waals surface area contributed by atoms with Gasteiger partial charge >= 0.3 is 0 Å². The molecule has 3 heterocycles. The van der Waals surface area contributed by atoms with Crippen molar-refractivity contribution in [1.82, 2.24) is 19.8 Å². The maximum Gasteiger partial charge on any atom is 0.243 e. The third kappa shape index (κ3) is 3.51. The average molecular weight is 359 g/mol. The second kappa shape index (κ2) is 6.92. The summed E-state index contributed by atoms with van der Waals surface area (Å²) in [7, 11) is 0. The van der Waals surface area contributed by atoms with Gasteiger partial charge in [0.2, 0.25) is 5.91 Å². The molecule has 1 fully saturated rings. The number of carbonyl (C=O) groups excluding carboxylic acids is 1. The molecule has 6 heteroatoms. The highest BCUT2D eigenvalue weighted by atomic mass is 32.1. The van der Waals surface area contributed by atoms with Crippen LogP contribution in [-0.4, -0.2) is 33.4 Å². The van der Waals surface area contributed by atoms with E-state index in [1.165, 1.54) is 17.7 Å². The Morgan fingerprint density at radius 1 is 1.44 bits per heavy atom. The Morgan fingerprint density at radius 3 is 2.96 bits per heavy atom. The molecular weight excluding hydrogens is 332 g/mol. The van der Waals surface area contributed by atoms with Crippen molar-refractivity contribution in [3.05, 3.63) is 40.1 Å². The fourth-order valence-corrected chi connectivity index (χ4v) is 4.31. The number of nitrogens with zero attached hydrogens (tertiary/aromatic N) is 3. The SMILES string of the molecule is CC(C)n1cnc2c1[C@@H](C(=O)NCc1cccs1)N(CC1CC1)CC2. The number of rotatable bonds is 6. The summed E-state index contributed by atoms with van der Waals surface area (Å²) in [5.41, 5.74) is 2.20. The Labute approximate surface area is 153 Å². The first-order valence-electron chi connectivity index (χ1n) is 9.23. The smallest absolute Gasteiger partial charge is 0.243 e. The number of fused-ring (bicyclic) bond motifs is 1. The van der Waals surface area contributed by atoms with E-state index in [1.54, 1.807) is 11.3 Å². The van der Waals surface area contributed by atoms with Crippen LogP contribution in [0.2, 0.25) is 0 Å². The van der Waals surface area contributed by atoms with Gasteiger partial charge in [-0.05, 0) is 44.1 Å². The number of thiophene rings is 1. The van der Waals surface area contributed by atoms with Crippen LogP contribution in [0.25, 0.3) is 0 Å². The van der Waals surface area contributed by atoms with Gasteiger partial charge < -0.3 is 9.88 Å². The first-order chi connectivity index (χ1) is 12.1. The van der Waals surface area contributed by atoms with Crippen molar-refractivity contribution in [2.75, 3.05) is 13.1 Å². The van der Waals surface area contributed by atoms with Crippen LogP contribution in [0.5, 0.6) is 0 Å². The lowest BCUT2D eigenvalue weighted by Crippen LogP contribution is -2.46. The summed E-state index contributed by atoms with van der Waals surface area (Å²) in [6.07, 6.45) is 5.46. The molecule has 0 unspecified atom stereocenters. The third-order valence-electron chi connectivity index (χ3n) is 5.18. The van der Waals surface area contributed by atoms with Crippen LogP contribution >= 0.6 is 11.3 Å². The first kappa shape index (κ1) is 16.8. The Kier molecular flexibility index (Phi) is 4.65. The zero-order valence-electron chi connectivity index (χ0n) is 14.9. The number of hydrogen-bond donors (Lipinski definition) is 1. The lowest BCUT2D eigenvalue weighted by Gasteiger charge is -2.36. The summed E-state index contributed by atoms with van der Waals surface area (Å²) in [5, 5.41) is 5.21. The van der Waals surface area contributed by atoms with E-state index >= 15 is 0 Å². The monoisotopic (exact) mass is 358 g/mol. The maximum absolute atomic E-state index is 13.2. The molecule has 0 bridgehead atoms. The van der Waals surface area contributed by atoms with Crippen molar-refractivity contribution in [1.29, 1.82) is 0 Å². The molecule has 0 radical (unpaired) electrons. The molecule has 1 aliphatic carbocycles. The van der Waals surface area contributed by atoms with Gasteiger partial charge in [-0.2, -0.15) is 0 Å². The van der Waals surface area contributed by atoms with E-state index in [9.17, 15) is 4.79 Å². The van der Waals surface area contributed by atoms with Crippen LogP contribution in [0.4, 0.5) is 0 Å². The number of amides is 1. The molecule has 0 saturated heterocycles. The Hall–Kier alpha value is -1.66. The van der Waals surface area contributed by atoms with Gasteiger partial charge in [0.25, 0.3) is 0 Å². The summed E-state index contributed by atoms with van der Waals surface area (Å²) >= 11 is 1.68. The molecule has 0 aromatic carbocycles. The molecule has 4 rings (SSSR count). The zero-order valence-corrected chi connectivity index (χ0v) is 15.8. The lowest BCUT2D eigenvalue weighted by atomic mass is 10.0. The van der Waals surface area contributed by atoms with Gasteiger partial charge in [0.15, 0.2) is 0 Å². The van der Waals surface area contributed by atoms with Crippen molar-refractivity contribution in [3.8, 4) is 0 Å². The minimum atomic E-state index is -0.214. The normalized spacial score (nSPS) is 20.7. The number of hydrogen-bond acceptors (Lipinski definition) is 4. The number of carbonyl (C=O) groups is 1. The lowest BCUT2D eigenvalue weighted by molar-refractivity contribution is -0.127. The summed E-state index contributed by atoms with van der Waals surface area (Å²) in [6, 6.07) is 4.19. The topological polar surface area (TPSA) is 50.2 Å². The maximum atomic E-state index is 13.2. The van der Waals surface area contributed by atoms with E-state index in [1.807, 2.05) is 17.8 Å². The molecule has 25 heavy (non-hydrogen) atoms. The predicted molar refractivity (Wildman–Crippen MR) is 99.5 cm³/mol. The highest BCUT2D eigenvalue weighted by Crippen LogP contribution is 2.36. The Morgan fingerprint density at radius 2 is 2.28 bits per heavy atom. The summed E-state index contributed by atoms with van der Waals surface area (Å²) in [5.74, 6) is 0.877. The fraction of sp³-hybridized carbons (Fsp3) is 0.579. The molecule has 2 aromatic rings. The molecule has 134 valence electrons. The second-order valence-electron chi connectivity index (χ2n) is 7.47. The fourth-order valence-electron chi connectivity index (χ4n) is 3.67. The van der Waals surface area contributed by atoms with Gasteiger partial charge in [-0.15, -0.1) is 11.3 Å². The molecule has 2 aromatic heterocycles. The van der Waals surface area contributed by atoms with Gasteiger partial charge in [-0.3, -0.25) is 9.69 Å². The van der Waals surface area contributed by atoms with E-state index in [0.29, 0.717) is 12.6 Å². The van der Waals surface area contributed by atoms with Crippen LogP contribution < -0.4 is 5.32 Å². The summed E-state index contributed by atoms with van der Waals surface area (Å²) in [6.45, 7) is 6.87. The van der Waals surface area contributed by atoms with Gasteiger partial charge in [0.05, 0.1) is 24.3 Å². The van der Waals surface area contributed by atoms with Gasteiger partial charge in [0.1, 0.15) is 6.04 Å². The van der Waals surface area contributed by atoms with Crippen molar-refractivity contribution in [2.24, 2.45) is 5.92 Å². The first-order valence-corrected chi connectivity index (χ1v) is 10.1. The largest absolute Gasteiger partial charge is 0.349 e.